The Balaban J connectivity index is 1.09. The van der Waals surface area contributed by atoms with E-state index in [1.807, 2.05) is 72.8 Å². The second-order valence-electron chi connectivity index (χ2n) is 12.4. The molecule has 4 aromatic carbocycles. The van der Waals surface area contributed by atoms with E-state index >= 15 is 0 Å². The number of anilines is 2. The van der Waals surface area contributed by atoms with E-state index in [1.165, 1.54) is 0 Å². The molecule has 51 heavy (non-hydrogen) atoms. The molecule has 0 radical (unpaired) electrons. The summed E-state index contributed by atoms with van der Waals surface area (Å²) in [5.74, 6) is -0.318. The van der Waals surface area contributed by atoms with Crippen LogP contribution < -0.4 is 16.4 Å². The van der Waals surface area contributed by atoms with Gasteiger partial charge in [-0.1, -0.05) is 108 Å². The third-order valence-electron chi connectivity index (χ3n) is 8.78. The molecule has 5 N–H and O–H groups in total. The van der Waals surface area contributed by atoms with Crippen molar-refractivity contribution in [1.82, 2.24) is 14.9 Å². The normalized spacial score (nSPS) is 17.2. The molecule has 6 rings (SSSR count). The van der Waals surface area contributed by atoms with E-state index < -0.39 is 6.29 Å². The molecule has 0 bridgehead atoms. The number of amides is 2. The van der Waals surface area contributed by atoms with Gasteiger partial charge >= 0.3 is 0 Å². The van der Waals surface area contributed by atoms with E-state index in [1.54, 1.807) is 35.2 Å². The molecule has 1 saturated heterocycles. The summed E-state index contributed by atoms with van der Waals surface area (Å²) < 4.78 is 14.7. The zero-order valence-corrected chi connectivity index (χ0v) is 29.3. The zero-order chi connectivity index (χ0) is 35.7. The SMILES string of the molecule is Nc1ccccc1NC(=O)CCCC(=O)NCc1ccccc1-c1ccc([C@@H]2O[C@H](Cn3cnc(Cl)c3Cl)C[C@H](c3ccc(CO)cc3)O2)cc1. The van der Waals surface area contributed by atoms with E-state index in [-0.39, 0.29) is 48.6 Å². The first-order valence-electron chi connectivity index (χ1n) is 16.7. The second kappa shape index (κ2) is 17.0. The summed E-state index contributed by atoms with van der Waals surface area (Å²) in [6, 6.07) is 30.7. The monoisotopic (exact) mass is 727 g/mol. The molecule has 2 heterocycles. The van der Waals surface area contributed by atoms with E-state index in [0.29, 0.717) is 42.5 Å². The first kappa shape index (κ1) is 36.1. The molecule has 3 atom stereocenters. The number of aliphatic hydroxyl groups is 1. The molecule has 5 aromatic rings. The minimum atomic E-state index is -0.653. The van der Waals surface area contributed by atoms with E-state index in [9.17, 15) is 14.7 Å². The standard InChI is InChI=1S/C39H39Cl2N5O5/c40-37-38(41)46(24-44-37)22-30-20-34(27-14-12-25(23-47)13-15-27)51-39(50-30)28-18-16-26(17-19-28)31-7-2-1-6-29(31)21-43-35(48)10-5-11-36(49)45-33-9-4-3-8-32(33)42/h1-4,6-9,12-19,24,30,34,39,47H,5,10-11,20-23,42H2,(H,43,48)(H,45,49)/t30-,34+,39+/m0/s1. The Hall–Kier alpha value is -4.71. The first-order chi connectivity index (χ1) is 24.8. The average Bonchev–Trinajstić information content (AvgIpc) is 3.47. The molecule has 1 aliphatic rings. The maximum atomic E-state index is 12.7. The number of halogens is 2. The van der Waals surface area contributed by atoms with Crippen LogP contribution in [0.3, 0.4) is 0 Å². The number of nitrogens with one attached hydrogen (secondary N) is 2. The summed E-state index contributed by atoms with van der Waals surface area (Å²) in [6.07, 6.45) is 1.86. The predicted octanol–water partition coefficient (Wildman–Crippen LogP) is 7.60. The van der Waals surface area contributed by atoms with E-state index in [4.69, 9.17) is 38.4 Å². The third kappa shape index (κ3) is 9.35. The van der Waals surface area contributed by atoms with E-state index in [2.05, 4.69) is 15.6 Å². The largest absolute Gasteiger partial charge is 0.397 e. The summed E-state index contributed by atoms with van der Waals surface area (Å²) in [5, 5.41) is 15.9. The van der Waals surface area contributed by atoms with Crippen LogP contribution in [0, 0.1) is 0 Å². The van der Waals surface area contributed by atoms with Gasteiger partial charge in [0.25, 0.3) is 0 Å². The van der Waals surface area contributed by atoms with Gasteiger partial charge in [0.1, 0.15) is 5.15 Å². The Labute approximate surface area is 306 Å². The van der Waals surface area contributed by atoms with Crippen LogP contribution in [0.4, 0.5) is 11.4 Å². The Morgan fingerprint density at radius 2 is 1.59 bits per heavy atom. The van der Waals surface area contributed by atoms with Crippen LogP contribution >= 0.6 is 23.2 Å². The molecule has 12 heteroatoms. The lowest BCUT2D eigenvalue weighted by Crippen LogP contribution is -2.32. The summed E-state index contributed by atoms with van der Waals surface area (Å²) in [4.78, 5) is 29.1. The highest BCUT2D eigenvalue weighted by atomic mass is 35.5. The molecule has 10 nitrogen and oxygen atoms in total. The molecule has 1 fully saturated rings. The minimum Gasteiger partial charge on any atom is -0.397 e. The zero-order valence-electron chi connectivity index (χ0n) is 27.8. The van der Waals surface area contributed by atoms with Gasteiger partial charge in [-0.3, -0.25) is 9.59 Å². The van der Waals surface area contributed by atoms with Gasteiger partial charge in [-0.2, -0.15) is 0 Å². The summed E-state index contributed by atoms with van der Waals surface area (Å²) in [5.41, 5.74) is 12.5. The van der Waals surface area contributed by atoms with Gasteiger partial charge in [-0.15, -0.1) is 0 Å². The lowest BCUT2D eigenvalue weighted by atomic mass is 9.97. The summed E-state index contributed by atoms with van der Waals surface area (Å²) in [6.45, 7) is 0.753. The number of nitrogen functional groups attached to an aromatic ring is 1. The van der Waals surface area contributed by atoms with Gasteiger partial charge in [0.05, 0.1) is 43.1 Å². The van der Waals surface area contributed by atoms with Crippen LogP contribution in [-0.2, 0) is 38.8 Å². The highest BCUT2D eigenvalue weighted by molar-refractivity contribution is 6.40. The lowest BCUT2D eigenvalue weighted by molar-refractivity contribution is -0.252. The molecule has 2 amide bonds. The molecular weight excluding hydrogens is 689 g/mol. The summed E-state index contributed by atoms with van der Waals surface area (Å²) >= 11 is 12.5. The number of benzene rings is 4. The Kier molecular flexibility index (Phi) is 12.0. The topological polar surface area (TPSA) is 141 Å². The number of carbonyl (C=O) groups is 2. The van der Waals surface area contributed by atoms with Crippen LogP contribution in [0.2, 0.25) is 10.3 Å². The first-order valence-corrected chi connectivity index (χ1v) is 17.5. The van der Waals surface area contributed by atoms with Gasteiger partial charge in [0.15, 0.2) is 11.4 Å². The van der Waals surface area contributed by atoms with Gasteiger partial charge in [-0.25, -0.2) is 4.98 Å². The number of para-hydroxylation sites is 2. The van der Waals surface area contributed by atoms with Gasteiger partial charge < -0.3 is 35.5 Å². The minimum absolute atomic E-state index is 0.0336. The van der Waals surface area contributed by atoms with Crippen molar-refractivity contribution < 1.29 is 24.2 Å². The van der Waals surface area contributed by atoms with Crippen molar-refractivity contribution in [3.63, 3.8) is 0 Å². The van der Waals surface area contributed by atoms with Gasteiger partial charge in [0.2, 0.25) is 11.8 Å². The fraction of sp³-hybridized carbons (Fsp3) is 0.256. The van der Waals surface area contributed by atoms with Crippen molar-refractivity contribution in [2.24, 2.45) is 0 Å². The number of hydrogen-bond donors (Lipinski definition) is 4. The number of nitrogens with zero attached hydrogens (tertiary/aromatic N) is 2. The average molecular weight is 729 g/mol. The van der Waals surface area contributed by atoms with Crippen molar-refractivity contribution >= 4 is 46.4 Å². The molecule has 1 aromatic heterocycles. The molecule has 0 aliphatic carbocycles. The van der Waals surface area contributed by atoms with Crippen LogP contribution in [0.5, 0.6) is 0 Å². The quantitative estimate of drug-likeness (QED) is 0.0916. The number of carbonyl (C=O) groups excluding carboxylic acids is 2. The number of imidazole rings is 1. The van der Waals surface area contributed by atoms with Gasteiger partial charge in [0, 0.05) is 31.4 Å². The number of ether oxygens (including phenoxy) is 2. The van der Waals surface area contributed by atoms with Crippen molar-refractivity contribution in [1.29, 1.82) is 0 Å². The van der Waals surface area contributed by atoms with Crippen molar-refractivity contribution in [2.75, 3.05) is 11.1 Å². The molecule has 0 saturated carbocycles. The Morgan fingerprint density at radius 1 is 0.882 bits per heavy atom. The molecule has 0 spiro atoms. The number of hydrogen-bond acceptors (Lipinski definition) is 7. The van der Waals surface area contributed by atoms with Crippen LogP contribution in [-0.4, -0.2) is 32.6 Å². The highest BCUT2D eigenvalue weighted by Crippen LogP contribution is 2.39. The highest BCUT2D eigenvalue weighted by Gasteiger charge is 2.33. The Morgan fingerprint density at radius 3 is 2.31 bits per heavy atom. The number of aliphatic hydroxyl groups excluding tert-OH is 1. The fourth-order valence-corrected chi connectivity index (χ4v) is 6.33. The number of aromatic nitrogens is 2. The maximum absolute atomic E-state index is 12.7. The van der Waals surface area contributed by atoms with Crippen LogP contribution in [0.1, 0.15) is 60.3 Å². The third-order valence-corrected chi connectivity index (χ3v) is 9.55. The van der Waals surface area contributed by atoms with Crippen molar-refractivity contribution in [2.45, 2.75) is 63.9 Å². The van der Waals surface area contributed by atoms with E-state index in [0.717, 1.165) is 33.4 Å². The van der Waals surface area contributed by atoms with Crippen LogP contribution in [0.25, 0.3) is 11.1 Å². The Bertz CT molecular complexity index is 1950. The molecule has 264 valence electrons. The van der Waals surface area contributed by atoms with Crippen LogP contribution in [0.15, 0.2) is 103 Å². The second-order valence-corrected chi connectivity index (χ2v) is 13.1. The summed E-state index contributed by atoms with van der Waals surface area (Å²) in [7, 11) is 0. The van der Waals surface area contributed by atoms with Crippen molar-refractivity contribution in [3.05, 3.63) is 136 Å². The fourth-order valence-electron chi connectivity index (χ4n) is 6.01. The molecular formula is C39H39Cl2N5O5. The van der Waals surface area contributed by atoms with Crippen molar-refractivity contribution in [3.8, 4) is 11.1 Å². The molecule has 0 unspecified atom stereocenters. The number of rotatable bonds is 13. The maximum Gasteiger partial charge on any atom is 0.224 e. The predicted molar refractivity (Wildman–Crippen MR) is 198 cm³/mol. The lowest BCUT2D eigenvalue weighted by Gasteiger charge is -2.36. The molecule has 1 aliphatic heterocycles. The smallest absolute Gasteiger partial charge is 0.224 e. The van der Waals surface area contributed by atoms with Gasteiger partial charge in [-0.05, 0) is 46.4 Å². The number of nitrogens with two attached hydrogens (primary N) is 1.